The number of hydrogen-bond donors (Lipinski definition) is 1. The highest BCUT2D eigenvalue weighted by Crippen LogP contribution is 2.44. The van der Waals surface area contributed by atoms with E-state index in [1.807, 2.05) is 18.2 Å². The lowest BCUT2D eigenvalue weighted by Gasteiger charge is -2.48. The van der Waals surface area contributed by atoms with Crippen LogP contribution >= 0.6 is 0 Å². The van der Waals surface area contributed by atoms with Gasteiger partial charge in [-0.05, 0) is 69.3 Å². The number of nitrogens with one attached hydrogen (secondary N) is 1. The Morgan fingerprint density at radius 2 is 1.56 bits per heavy atom. The number of piperidine rings is 1. The second-order valence-corrected chi connectivity index (χ2v) is 18.7. The highest BCUT2D eigenvalue weighted by Gasteiger charge is 2.47. The summed E-state index contributed by atoms with van der Waals surface area (Å²) in [5, 5.41) is 12.8. The number of aromatic nitrogens is 3. The van der Waals surface area contributed by atoms with Crippen LogP contribution in [0.5, 0.6) is 11.5 Å². The monoisotopic (exact) mass is 557 g/mol. The van der Waals surface area contributed by atoms with Gasteiger partial charge in [-0.15, -0.1) is 10.2 Å². The van der Waals surface area contributed by atoms with Crippen molar-refractivity contribution in [2.75, 3.05) is 25.9 Å². The normalized spacial score (nSPS) is 17.6. The topological polar surface area (TPSA) is 81.6 Å². The number of ether oxygens (including phenoxy) is 2. The highest BCUT2D eigenvalue weighted by atomic mass is 28.4. The van der Waals surface area contributed by atoms with Crippen molar-refractivity contribution in [3.05, 3.63) is 24.4 Å². The van der Waals surface area contributed by atoms with E-state index in [-0.39, 0.29) is 17.9 Å². The zero-order valence-electron chi connectivity index (χ0n) is 26.3. The largest absolute Gasteiger partial charge is 0.543 e. The first-order valence-corrected chi connectivity index (χ1v) is 16.4. The van der Waals surface area contributed by atoms with Crippen LogP contribution in [0.2, 0.25) is 16.6 Å². The summed E-state index contributed by atoms with van der Waals surface area (Å²) in [6.45, 7) is 22.9. The van der Waals surface area contributed by atoms with E-state index >= 15 is 0 Å². The Hall–Kier alpha value is -2.23. The Balaban J connectivity index is 1.90. The molecule has 1 fully saturated rings. The Kier molecular flexibility index (Phi) is 9.71. The highest BCUT2D eigenvalue weighted by molar-refractivity contribution is 6.78. The molecule has 1 N–H and O–H groups in total. The molecule has 2 heterocycles. The molecule has 0 unspecified atom stereocenters. The summed E-state index contributed by atoms with van der Waals surface area (Å²) in [6, 6.07) is 6.29. The third-order valence-corrected chi connectivity index (χ3v) is 14.1. The van der Waals surface area contributed by atoms with Gasteiger partial charge in [0.15, 0.2) is 6.79 Å². The molecule has 0 bridgehead atoms. The SMILES string of the molecule is COCOc1cc(O[Si](C(C)C)(C(C)C)C(C)C)ccc1-c1cnc(N(C)C2CC(C)(C)NC(C)(C)C2)nn1. The maximum absolute atomic E-state index is 6.90. The molecule has 39 heavy (non-hydrogen) atoms. The van der Waals surface area contributed by atoms with Gasteiger partial charge in [0.25, 0.3) is 8.32 Å². The average Bonchev–Trinajstić information content (AvgIpc) is 2.83. The maximum Gasteiger partial charge on any atom is 0.258 e. The van der Waals surface area contributed by atoms with Crippen LogP contribution in [0.25, 0.3) is 11.3 Å². The quantitative estimate of drug-likeness (QED) is 0.238. The van der Waals surface area contributed by atoms with Gasteiger partial charge in [-0.25, -0.2) is 4.98 Å². The fourth-order valence-corrected chi connectivity index (χ4v) is 12.1. The Morgan fingerprint density at radius 1 is 0.974 bits per heavy atom. The molecule has 0 amide bonds. The molecule has 0 spiro atoms. The van der Waals surface area contributed by atoms with Crippen molar-refractivity contribution in [2.45, 2.75) is 116 Å². The standard InChI is InChI=1S/C30H51N5O3Si/c1-20(2)39(21(3)4,22(5)6)38-24-13-14-25(27(15-24)37-19-36-12)26-18-31-28(33-32-26)35(11)23-16-29(7,8)34-30(9,10)17-23/h13-15,18,20-23,34H,16-17,19H2,1-12H3. The summed E-state index contributed by atoms with van der Waals surface area (Å²) in [5.74, 6) is 2.09. The molecule has 0 radical (unpaired) electrons. The van der Waals surface area contributed by atoms with Crippen molar-refractivity contribution in [1.82, 2.24) is 20.5 Å². The third kappa shape index (κ3) is 7.10. The minimum atomic E-state index is -2.11. The molecule has 1 aromatic carbocycles. The van der Waals surface area contributed by atoms with Gasteiger partial charge in [-0.2, -0.15) is 0 Å². The summed E-state index contributed by atoms with van der Waals surface area (Å²) in [4.78, 5) is 6.88. The van der Waals surface area contributed by atoms with Gasteiger partial charge in [0.1, 0.15) is 17.2 Å². The van der Waals surface area contributed by atoms with Gasteiger partial charge < -0.3 is 24.1 Å². The van der Waals surface area contributed by atoms with E-state index in [4.69, 9.17) is 18.9 Å². The summed E-state index contributed by atoms with van der Waals surface area (Å²) < 4.78 is 18.1. The molecule has 1 aliphatic rings. The van der Waals surface area contributed by atoms with Crippen molar-refractivity contribution in [1.29, 1.82) is 0 Å². The first-order chi connectivity index (χ1) is 18.1. The number of nitrogens with zero attached hydrogens (tertiary/aromatic N) is 4. The lowest BCUT2D eigenvalue weighted by molar-refractivity contribution is 0.0514. The Morgan fingerprint density at radius 3 is 2.05 bits per heavy atom. The molecule has 2 aromatic rings. The summed E-state index contributed by atoms with van der Waals surface area (Å²) in [6.07, 6.45) is 3.78. The van der Waals surface area contributed by atoms with E-state index in [1.165, 1.54) is 0 Å². The van der Waals surface area contributed by atoms with Crippen LogP contribution < -0.4 is 19.4 Å². The van der Waals surface area contributed by atoms with Gasteiger partial charge >= 0.3 is 0 Å². The first kappa shape index (κ1) is 31.3. The van der Waals surface area contributed by atoms with Crippen LogP contribution in [-0.4, -0.2) is 61.6 Å². The molecule has 9 heteroatoms. The first-order valence-electron chi connectivity index (χ1n) is 14.3. The summed E-state index contributed by atoms with van der Waals surface area (Å²) >= 11 is 0. The molecule has 3 rings (SSSR count). The molecule has 0 atom stereocenters. The van der Waals surface area contributed by atoms with Crippen molar-refractivity contribution >= 4 is 14.3 Å². The molecule has 1 aromatic heterocycles. The molecule has 218 valence electrons. The Bertz CT molecular complexity index is 1050. The number of hydrogen-bond acceptors (Lipinski definition) is 8. The molecule has 0 aliphatic carbocycles. The van der Waals surface area contributed by atoms with Gasteiger partial charge in [0.05, 0.1) is 6.20 Å². The summed E-state index contributed by atoms with van der Waals surface area (Å²) in [7, 11) is 1.56. The van der Waals surface area contributed by atoms with E-state index in [2.05, 4.69) is 96.7 Å². The van der Waals surface area contributed by atoms with E-state index in [0.29, 0.717) is 40.1 Å². The lowest BCUT2D eigenvalue weighted by Crippen LogP contribution is -2.62. The molecule has 0 saturated carbocycles. The van der Waals surface area contributed by atoms with E-state index in [0.717, 1.165) is 24.2 Å². The third-order valence-electron chi connectivity index (χ3n) is 8.14. The predicted molar refractivity (Wildman–Crippen MR) is 162 cm³/mol. The van der Waals surface area contributed by atoms with Gasteiger partial charge in [-0.1, -0.05) is 41.5 Å². The van der Waals surface area contributed by atoms with Crippen molar-refractivity contribution in [3.8, 4) is 22.8 Å². The second kappa shape index (κ2) is 12.1. The zero-order chi connectivity index (χ0) is 29.2. The van der Waals surface area contributed by atoms with Crippen LogP contribution in [0, 0.1) is 0 Å². The van der Waals surface area contributed by atoms with Crippen LogP contribution in [0.3, 0.4) is 0 Å². The van der Waals surface area contributed by atoms with Gasteiger partial charge in [0.2, 0.25) is 5.95 Å². The van der Waals surface area contributed by atoms with Crippen molar-refractivity contribution in [3.63, 3.8) is 0 Å². The van der Waals surface area contributed by atoms with Gasteiger partial charge in [0, 0.05) is 42.9 Å². The molecular formula is C30H51N5O3Si. The molecule has 1 aliphatic heterocycles. The summed E-state index contributed by atoms with van der Waals surface area (Å²) in [5.41, 5.74) is 2.93. The Labute approximate surface area is 237 Å². The molecule has 8 nitrogen and oxygen atoms in total. The number of rotatable bonds is 11. The van der Waals surface area contributed by atoms with Crippen LogP contribution in [0.15, 0.2) is 24.4 Å². The predicted octanol–water partition coefficient (Wildman–Crippen LogP) is 6.82. The minimum Gasteiger partial charge on any atom is -0.543 e. The molecular weight excluding hydrogens is 506 g/mol. The smallest absolute Gasteiger partial charge is 0.258 e. The van der Waals surface area contributed by atoms with Crippen LogP contribution in [-0.2, 0) is 4.74 Å². The average molecular weight is 558 g/mol. The maximum atomic E-state index is 6.90. The zero-order valence-corrected chi connectivity index (χ0v) is 27.3. The van der Waals surface area contributed by atoms with Gasteiger partial charge in [-0.3, -0.25) is 0 Å². The van der Waals surface area contributed by atoms with E-state index in [1.54, 1.807) is 13.3 Å². The minimum absolute atomic E-state index is 0.0343. The van der Waals surface area contributed by atoms with Crippen molar-refractivity contribution in [2.24, 2.45) is 0 Å². The second-order valence-electron chi connectivity index (χ2n) is 13.3. The number of methoxy groups -OCH3 is 1. The number of anilines is 1. The number of benzene rings is 1. The van der Waals surface area contributed by atoms with E-state index in [9.17, 15) is 0 Å². The fourth-order valence-electron chi connectivity index (χ4n) is 6.84. The van der Waals surface area contributed by atoms with E-state index < -0.39 is 8.32 Å². The van der Waals surface area contributed by atoms with Crippen molar-refractivity contribution < 1.29 is 13.9 Å². The van der Waals surface area contributed by atoms with Crippen LogP contribution in [0.4, 0.5) is 5.95 Å². The fraction of sp³-hybridized carbons (Fsp3) is 0.700. The van der Waals surface area contributed by atoms with Crippen LogP contribution in [0.1, 0.15) is 82.1 Å². The lowest BCUT2D eigenvalue weighted by atomic mass is 9.79. The molecule has 1 saturated heterocycles.